The third-order valence-electron chi connectivity index (χ3n) is 4.84. The van der Waals surface area contributed by atoms with Crippen molar-refractivity contribution in [3.63, 3.8) is 0 Å². The molecule has 19 heavy (non-hydrogen) atoms. The van der Waals surface area contributed by atoms with Crippen LogP contribution in [0.3, 0.4) is 0 Å². The molecule has 2 heteroatoms. The molecule has 0 radical (unpaired) electrons. The molecule has 1 aromatic carbocycles. The second-order valence-electron chi connectivity index (χ2n) is 6.28. The lowest BCUT2D eigenvalue weighted by Gasteiger charge is -2.39. The maximum Gasteiger partial charge on any atom is 0.124 e. The summed E-state index contributed by atoms with van der Waals surface area (Å²) in [6, 6.07) is 8.36. The zero-order chi connectivity index (χ0) is 13.3. The zero-order valence-corrected chi connectivity index (χ0v) is 11.9. The Bertz CT molecular complexity index is 441. The lowest BCUT2D eigenvalue weighted by molar-refractivity contribution is 0.200. The molecule has 0 saturated heterocycles. The number of hydrogen-bond donors (Lipinski definition) is 1. The van der Waals surface area contributed by atoms with Crippen LogP contribution in [0.5, 0.6) is 5.75 Å². The molecule has 0 aliphatic heterocycles. The highest BCUT2D eigenvalue weighted by molar-refractivity contribution is 5.39. The van der Waals surface area contributed by atoms with Crippen molar-refractivity contribution in [3.05, 3.63) is 29.8 Å². The summed E-state index contributed by atoms with van der Waals surface area (Å²) >= 11 is 0. The largest absolute Gasteiger partial charge is 0.494 e. The highest BCUT2D eigenvalue weighted by atomic mass is 16.5. The molecular weight excluding hydrogens is 234 g/mol. The van der Waals surface area contributed by atoms with E-state index < -0.39 is 0 Å². The molecule has 0 heterocycles. The summed E-state index contributed by atoms with van der Waals surface area (Å²) < 4.78 is 5.79. The minimum Gasteiger partial charge on any atom is -0.494 e. The van der Waals surface area contributed by atoms with Crippen LogP contribution in [0.25, 0.3) is 0 Å². The monoisotopic (exact) mass is 259 g/mol. The maximum atomic E-state index is 6.79. The van der Waals surface area contributed by atoms with Crippen molar-refractivity contribution in [3.8, 4) is 5.75 Å². The van der Waals surface area contributed by atoms with E-state index in [1.807, 2.05) is 13.0 Å². The molecule has 3 rings (SSSR count). The number of para-hydroxylation sites is 1. The Morgan fingerprint density at radius 3 is 2.74 bits per heavy atom. The maximum absolute atomic E-state index is 6.79. The zero-order valence-electron chi connectivity index (χ0n) is 11.9. The summed E-state index contributed by atoms with van der Waals surface area (Å²) in [5.41, 5.74) is 7.84. The molecule has 2 N–H and O–H groups in total. The van der Waals surface area contributed by atoms with E-state index in [-0.39, 0.29) is 5.54 Å². The first-order chi connectivity index (χ1) is 9.23. The van der Waals surface area contributed by atoms with Gasteiger partial charge in [-0.1, -0.05) is 31.0 Å². The fraction of sp³-hybridized carbons (Fsp3) is 0.647. The first-order valence-corrected chi connectivity index (χ1v) is 7.74. The van der Waals surface area contributed by atoms with Gasteiger partial charge in [-0.3, -0.25) is 0 Å². The van der Waals surface area contributed by atoms with Gasteiger partial charge in [0.15, 0.2) is 0 Å². The normalized spacial score (nSPS) is 31.2. The van der Waals surface area contributed by atoms with Crippen LogP contribution in [-0.4, -0.2) is 6.61 Å². The van der Waals surface area contributed by atoms with Crippen molar-refractivity contribution in [1.82, 2.24) is 0 Å². The van der Waals surface area contributed by atoms with Gasteiger partial charge in [0, 0.05) is 11.1 Å². The van der Waals surface area contributed by atoms with Crippen LogP contribution in [-0.2, 0) is 5.54 Å². The predicted octanol–water partition coefficient (Wildman–Crippen LogP) is 3.84. The molecule has 2 atom stereocenters. The number of benzene rings is 1. The molecule has 0 spiro atoms. The minimum atomic E-state index is -0.169. The molecule has 0 bridgehead atoms. The molecule has 0 aromatic heterocycles. The average molecular weight is 259 g/mol. The summed E-state index contributed by atoms with van der Waals surface area (Å²) in [6.45, 7) is 2.74. The van der Waals surface area contributed by atoms with Crippen LogP contribution in [0.15, 0.2) is 24.3 Å². The Morgan fingerprint density at radius 2 is 2.00 bits per heavy atom. The first kappa shape index (κ1) is 13.0. The fourth-order valence-electron chi connectivity index (χ4n) is 3.73. The quantitative estimate of drug-likeness (QED) is 0.891. The van der Waals surface area contributed by atoms with Gasteiger partial charge in [-0.15, -0.1) is 0 Å². The van der Waals surface area contributed by atoms with Crippen molar-refractivity contribution in [2.24, 2.45) is 17.6 Å². The molecule has 2 aliphatic carbocycles. The van der Waals surface area contributed by atoms with Crippen molar-refractivity contribution >= 4 is 0 Å². The fourth-order valence-corrected chi connectivity index (χ4v) is 3.73. The van der Waals surface area contributed by atoms with Crippen molar-refractivity contribution < 1.29 is 4.74 Å². The second kappa shape index (κ2) is 5.16. The SMILES string of the molecule is CCOc1ccccc1C1(N)CCCC(C2CC2)C1. The number of hydrogen-bond acceptors (Lipinski definition) is 2. The number of ether oxygens (including phenoxy) is 1. The van der Waals surface area contributed by atoms with Gasteiger partial charge in [-0.2, -0.15) is 0 Å². The van der Waals surface area contributed by atoms with Crippen LogP contribution >= 0.6 is 0 Å². The summed E-state index contributed by atoms with van der Waals surface area (Å²) in [5.74, 6) is 2.79. The van der Waals surface area contributed by atoms with Crippen LogP contribution in [0.2, 0.25) is 0 Å². The molecule has 2 saturated carbocycles. The van der Waals surface area contributed by atoms with E-state index in [1.165, 1.54) is 31.2 Å². The lowest BCUT2D eigenvalue weighted by Crippen LogP contribution is -2.42. The summed E-state index contributed by atoms with van der Waals surface area (Å²) in [7, 11) is 0. The first-order valence-electron chi connectivity index (χ1n) is 7.74. The van der Waals surface area contributed by atoms with Crippen LogP contribution in [0.1, 0.15) is 51.0 Å². The Labute approximate surface area is 116 Å². The van der Waals surface area contributed by atoms with Gasteiger partial charge in [0.2, 0.25) is 0 Å². The van der Waals surface area contributed by atoms with Gasteiger partial charge in [0.05, 0.1) is 6.61 Å². The van der Waals surface area contributed by atoms with E-state index >= 15 is 0 Å². The molecule has 0 amide bonds. The van der Waals surface area contributed by atoms with E-state index in [0.717, 1.165) is 30.4 Å². The van der Waals surface area contributed by atoms with Gasteiger partial charge < -0.3 is 10.5 Å². The van der Waals surface area contributed by atoms with Gasteiger partial charge in [0.1, 0.15) is 5.75 Å². The summed E-state index contributed by atoms with van der Waals surface area (Å²) in [5, 5.41) is 0. The predicted molar refractivity (Wildman–Crippen MR) is 78.2 cm³/mol. The van der Waals surface area contributed by atoms with Crippen LogP contribution < -0.4 is 10.5 Å². The van der Waals surface area contributed by atoms with Crippen molar-refractivity contribution in [2.75, 3.05) is 6.61 Å². The highest BCUT2D eigenvalue weighted by Crippen LogP contribution is 2.49. The smallest absolute Gasteiger partial charge is 0.124 e. The average Bonchev–Trinajstić information content (AvgIpc) is 3.24. The van der Waals surface area contributed by atoms with Crippen molar-refractivity contribution in [2.45, 2.75) is 51.0 Å². The lowest BCUT2D eigenvalue weighted by atomic mass is 9.71. The topological polar surface area (TPSA) is 35.2 Å². The molecule has 104 valence electrons. The Kier molecular flexibility index (Phi) is 3.53. The molecule has 2 nitrogen and oxygen atoms in total. The second-order valence-corrected chi connectivity index (χ2v) is 6.28. The Morgan fingerprint density at radius 1 is 1.21 bits per heavy atom. The van der Waals surface area contributed by atoms with E-state index in [1.54, 1.807) is 0 Å². The molecule has 2 fully saturated rings. The highest BCUT2D eigenvalue weighted by Gasteiger charge is 2.41. The molecular formula is C17H25NO. The van der Waals surface area contributed by atoms with Crippen LogP contribution in [0.4, 0.5) is 0 Å². The van der Waals surface area contributed by atoms with E-state index in [2.05, 4.69) is 18.2 Å². The van der Waals surface area contributed by atoms with Gasteiger partial charge >= 0.3 is 0 Å². The third-order valence-corrected chi connectivity index (χ3v) is 4.84. The van der Waals surface area contributed by atoms with E-state index in [0.29, 0.717) is 6.61 Å². The molecule has 2 unspecified atom stereocenters. The minimum absolute atomic E-state index is 0.169. The standard InChI is InChI=1S/C17H25NO/c1-2-19-16-8-4-3-7-15(16)17(18)11-5-6-14(12-17)13-9-10-13/h3-4,7-8,13-14H,2,5-6,9-12,18H2,1H3. The number of nitrogens with two attached hydrogens (primary N) is 1. The summed E-state index contributed by atoms with van der Waals surface area (Å²) in [4.78, 5) is 0. The van der Waals surface area contributed by atoms with Gasteiger partial charge in [0.25, 0.3) is 0 Å². The summed E-state index contributed by atoms with van der Waals surface area (Å²) in [6.07, 6.45) is 7.72. The van der Waals surface area contributed by atoms with Crippen molar-refractivity contribution in [1.29, 1.82) is 0 Å². The van der Waals surface area contributed by atoms with E-state index in [9.17, 15) is 0 Å². The van der Waals surface area contributed by atoms with E-state index in [4.69, 9.17) is 10.5 Å². The Balaban J connectivity index is 1.86. The van der Waals surface area contributed by atoms with Gasteiger partial charge in [-0.25, -0.2) is 0 Å². The van der Waals surface area contributed by atoms with Crippen LogP contribution in [0, 0.1) is 11.8 Å². The molecule has 1 aromatic rings. The molecule has 2 aliphatic rings. The third kappa shape index (κ3) is 2.64. The number of rotatable bonds is 4. The van der Waals surface area contributed by atoms with Gasteiger partial charge in [-0.05, 0) is 50.5 Å². The Hall–Kier alpha value is -1.02.